The van der Waals surface area contributed by atoms with Gasteiger partial charge in [0.2, 0.25) is 0 Å². The second kappa shape index (κ2) is 6.42. The minimum Gasteiger partial charge on any atom is -0.485 e. The Kier molecular flexibility index (Phi) is 5.18. The Morgan fingerprint density at radius 3 is 2.82 bits per heavy atom. The maximum absolute atomic E-state index is 11.3. The Balaban J connectivity index is 2.86. The second-order valence-corrected chi connectivity index (χ2v) is 3.75. The molecule has 0 saturated carbocycles. The SMILES string of the molecule is COCC(C)Oc1cc(C(=O)OC)cnc1Cl. The fourth-order valence-corrected chi connectivity index (χ4v) is 1.37. The molecule has 1 heterocycles. The summed E-state index contributed by atoms with van der Waals surface area (Å²) < 4.78 is 15.0. The van der Waals surface area contributed by atoms with Gasteiger partial charge in [0.25, 0.3) is 0 Å². The minimum atomic E-state index is -0.488. The molecule has 0 aliphatic carbocycles. The number of rotatable bonds is 5. The van der Waals surface area contributed by atoms with Crippen LogP contribution in [0, 0.1) is 0 Å². The van der Waals surface area contributed by atoms with Gasteiger partial charge in [-0.05, 0) is 13.0 Å². The summed E-state index contributed by atoms with van der Waals surface area (Å²) in [5.74, 6) is -0.155. The first-order valence-corrected chi connectivity index (χ1v) is 5.35. The molecule has 5 nitrogen and oxygen atoms in total. The fourth-order valence-electron chi connectivity index (χ4n) is 1.23. The Morgan fingerprint density at radius 2 is 2.24 bits per heavy atom. The molecule has 1 unspecified atom stereocenters. The van der Waals surface area contributed by atoms with E-state index in [-0.39, 0.29) is 16.8 Å². The highest BCUT2D eigenvalue weighted by atomic mass is 35.5. The minimum absolute atomic E-state index is 0.188. The van der Waals surface area contributed by atoms with Crippen LogP contribution in [-0.4, -0.2) is 37.9 Å². The molecule has 0 bridgehead atoms. The van der Waals surface area contributed by atoms with Gasteiger partial charge < -0.3 is 14.2 Å². The van der Waals surface area contributed by atoms with Crippen LogP contribution in [0.5, 0.6) is 5.75 Å². The van der Waals surface area contributed by atoms with Crippen molar-refractivity contribution in [3.05, 3.63) is 23.0 Å². The van der Waals surface area contributed by atoms with Gasteiger partial charge in [0.05, 0.1) is 19.3 Å². The summed E-state index contributed by atoms with van der Waals surface area (Å²) in [6.07, 6.45) is 1.15. The highest BCUT2D eigenvalue weighted by Crippen LogP contribution is 2.24. The molecular weight excluding hydrogens is 246 g/mol. The highest BCUT2D eigenvalue weighted by molar-refractivity contribution is 6.30. The smallest absolute Gasteiger partial charge is 0.339 e. The normalized spacial score (nSPS) is 12.0. The molecule has 0 spiro atoms. The lowest BCUT2D eigenvalue weighted by atomic mass is 10.3. The van der Waals surface area contributed by atoms with Gasteiger partial charge in [-0.2, -0.15) is 0 Å². The molecule has 94 valence electrons. The summed E-state index contributed by atoms with van der Waals surface area (Å²) >= 11 is 5.86. The summed E-state index contributed by atoms with van der Waals surface area (Å²) in [7, 11) is 2.87. The van der Waals surface area contributed by atoms with E-state index in [1.54, 1.807) is 7.11 Å². The maximum Gasteiger partial charge on any atom is 0.339 e. The van der Waals surface area contributed by atoms with Gasteiger partial charge in [-0.15, -0.1) is 0 Å². The third-order valence-corrected chi connectivity index (χ3v) is 2.24. The number of halogens is 1. The largest absolute Gasteiger partial charge is 0.485 e. The van der Waals surface area contributed by atoms with E-state index in [1.165, 1.54) is 19.4 Å². The number of hydrogen-bond acceptors (Lipinski definition) is 5. The standard InChI is InChI=1S/C11H14ClNO4/c1-7(6-15-2)17-9-4-8(11(14)16-3)5-13-10(9)12/h4-5,7H,6H2,1-3H3. The van der Waals surface area contributed by atoms with Crippen molar-refractivity contribution < 1.29 is 19.0 Å². The van der Waals surface area contributed by atoms with Gasteiger partial charge in [0.1, 0.15) is 6.10 Å². The van der Waals surface area contributed by atoms with E-state index < -0.39 is 5.97 Å². The van der Waals surface area contributed by atoms with E-state index in [2.05, 4.69) is 9.72 Å². The molecule has 0 aliphatic heterocycles. The Morgan fingerprint density at radius 1 is 1.53 bits per heavy atom. The van der Waals surface area contributed by atoms with Crippen LogP contribution in [0.25, 0.3) is 0 Å². The van der Waals surface area contributed by atoms with Crippen LogP contribution in [0.4, 0.5) is 0 Å². The average Bonchev–Trinajstić information content (AvgIpc) is 2.31. The summed E-state index contributed by atoms with van der Waals surface area (Å²) in [4.78, 5) is 15.2. The Labute approximate surface area is 105 Å². The number of ether oxygens (including phenoxy) is 3. The molecule has 1 aromatic heterocycles. The van der Waals surface area contributed by atoms with Crippen LogP contribution in [0.2, 0.25) is 5.15 Å². The zero-order valence-corrected chi connectivity index (χ0v) is 10.7. The van der Waals surface area contributed by atoms with Gasteiger partial charge in [0, 0.05) is 13.3 Å². The van der Waals surface area contributed by atoms with E-state index in [4.69, 9.17) is 21.1 Å². The molecule has 0 saturated heterocycles. The first-order chi connectivity index (χ1) is 8.08. The molecule has 1 aromatic rings. The lowest BCUT2D eigenvalue weighted by Crippen LogP contribution is -2.18. The summed E-state index contributed by atoms with van der Waals surface area (Å²) in [5, 5.41) is 0.195. The molecule has 0 fully saturated rings. The van der Waals surface area contributed by atoms with Gasteiger partial charge >= 0.3 is 5.97 Å². The topological polar surface area (TPSA) is 57.7 Å². The number of methoxy groups -OCH3 is 2. The fraction of sp³-hybridized carbons (Fsp3) is 0.455. The van der Waals surface area contributed by atoms with Crippen molar-refractivity contribution in [1.82, 2.24) is 4.98 Å². The van der Waals surface area contributed by atoms with Gasteiger partial charge in [-0.25, -0.2) is 9.78 Å². The second-order valence-electron chi connectivity index (χ2n) is 3.39. The molecule has 0 aromatic carbocycles. The van der Waals surface area contributed by atoms with E-state index in [9.17, 15) is 4.79 Å². The number of hydrogen-bond donors (Lipinski definition) is 0. The summed E-state index contributed by atoms with van der Waals surface area (Å²) in [6, 6.07) is 1.49. The predicted molar refractivity (Wildman–Crippen MR) is 62.6 cm³/mol. The Hall–Kier alpha value is -1.33. The maximum atomic E-state index is 11.3. The zero-order valence-electron chi connectivity index (χ0n) is 9.90. The first-order valence-electron chi connectivity index (χ1n) is 4.98. The molecular formula is C11H14ClNO4. The third kappa shape index (κ3) is 3.87. The van der Waals surface area contributed by atoms with E-state index in [1.807, 2.05) is 6.92 Å². The van der Waals surface area contributed by atoms with Gasteiger partial charge in [0.15, 0.2) is 10.9 Å². The van der Waals surface area contributed by atoms with Crippen molar-refractivity contribution in [3.63, 3.8) is 0 Å². The van der Waals surface area contributed by atoms with Crippen LogP contribution >= 0.6 is 11.6 Å². The van der Waals surface area contributed by atoms with E-state index >= 15 is 0 Å². The molecule has 0 radical (unpaired) electrons. The molecule has 0 N–H and O–H groups in total. The summed E-state index contributed by atoms with van der Waals surface area (Å²) in [5.41, 5.74) is 0.288. The predicted octanol–water partition coefficient (Wildman–Crippen LogP) is 1.94. The quantitative estimate of drug-likeness (QED) is 0.597. The van der Waals surface area contributed by atoms with Crippen molar-refractivity contribution in [2.45, 2.75) is 13.0 Å². The monoisotopic (exact) mass is 259 g/mol. The van der Waals surface area contributed by atoms with Gasteiger partial charge in [-0.3, -0.25) is 0 Å². The van der Waals surface area contributed by atoms with Crippen LogP contribution < -0.4 is 4.74 Å². The number of aromatic nitrogens is 1. The lowest BCUT2D eigenvalue weighted by Gasteiger charge is -2.14. The molecule has 0 aliphatic rings. The van der Waals surface area contributed by atoms with Gasteiger partial charge in [-0.1, -0.05) is 11.6 Å². The van der Waals surface area contributed by atoms with Crippen LogP contribution in [0.15, 0.2) is 12.3 Å². The number of nitrogens with zero attached hydrogens (tertiary/aromatic N) is 1. The average molecular weight is 260 g/mol. The zero-order chi connectivity index (χ0) is 12.8. The number of carbonyl (C=O) groups is 1. The number of esters is 1. The van der Waals surface area contributed by atoms with Crippen LogP contribution in [0.1, 0.15) is 17.3 Å². The molecule has 1 rings (SSSR count). The first kappa shape index (κ1) is 13.7. The molecule has 6 heteroatoms. The van der Waals surface area contributed by atoms with Crippen molar-refractivity contribution in [1.29, 1.82) is 0 Å². The highest BCUT2D eigenvalue weighted by Gasteiger charge is 2.13. The van der Waals surface area contributed by atoms with Crippen molar-refractivity contribution in [3.8, 4) is 5.75 Å². The molecule has 0 amide bonds. The van der Waals surface area contributed by atoms with Crippen LogP contribution in [-0.2, 0) is 9.47 Å². The van der Waals surface area contributed by atoms with Crippen molar-refractivity contribution in [2.75, 3.05) is 20.8 Å². The van der Waals surface area contributed by atoms with Crippen LogP contribution in [0.3, 0.4) is 0 Å². The van der Waals surface area contributed by atoms with Crippen molar-refractivity contribution >= 4 is 17.6 Å². The lowest BCUT2D eigenvalue weighted by molar-refractivity contribution is 0.0598. The number of carbonyl (C=O) groups excluding carboxylic acids is 1. The van der Waals surface area contributed by atoms with E-state index in [0.29, 0.717) is 12.4 Å². The number of pyridine rings is 1. The van der Waals surface area contributed by atoms with Crippen molar-refractivity contribution in [2.24, 2.45) is 0 Å². The summed E-state index contributed by atoms with van der Waals surface area (Å²) in [6.45, 7) is 2.24. The molecule has 17 heavy (non-hydrogen) atoms. The Bertz CT molecular complexity index is 397. The third-order valence-electron chi connectivity index (χ3n) is 1.96. The van der Waals surface area contributed by atoms with E-state index in [0.717, 1.165) is 0 Å². The molecule has 1 atom stereocenters.